The van der Waals surface area contributed by atoms with Crippen LogP contribution >= 0.6 is 0 Å². The van der Waals surface area contributed by atoms with Gasteiger partial charge in [-0.05, 0) is 24.3 Å². The molecule has 0 saturated carbocycles. The van der Waals surface area contributed by atoms with Crippen molar-refractivity contribution in [3.05, 3.63) is 88.9 Å². The Morgan fingerprint density at radius 1 is 1.00 bits per heavy atom. The van der Waals surface area contributed by atoms with Crippen LogP contribution in [-0.2, 0) is 0 Å². The van der Waals surface area contributed by atoms with E-state index in [4.69, 9.17) is 4.42 Å². The fourth-order valence-corrected chi connectivity index (χ4v) is 2.54. The van der Waals surface area contributed by atoms with Gasteiger partial charge in [0, 0.05) is 23.3 Å². The van der Waals surface area contributed by atoms with Crippen LogP contribution in [0.4, 0.5) is 5.69 Å². The molecule has 0 bridgehead atoms. The quantitative estimate of drug-likeness (QED) is 0.305. The maximum absolute atomic E-state index is 10.7. The highest BCUT2D eigenvalue weighted by Crippen LogP contribution is 2.24. The van der Waals surface area contributed by atoms with Crippen LogP contribution < -0.4 is 0 Å². The summed E-state index contributed by atoms with van der Waals surface area (Å²) >= 11 is 0. The smallest absolute Gasteiger partial charge is 0.269 e. The molecule has 0 spiro atoms. The molecule has 132 valence electrons. The minimum Gasteiger partial charge on any atom is -0.455 e. The summed E-state index contributed by atoms with van der Waals surface area (Å²) in [7, 11) is 0. The third kappa shape index (κ3) is 3.49. The van der Waals surface area contributed by atoms with Crippen molar-refractivity contribution in [3.8, 4) is 22.7 Å². The van der Waals surface area contributed by atoms with Crippen LogP contribution in [0.2, 0.25) is 0 Å². The van der Waals surface area contributed by atoms with Crippen molar-refractivity contribution in [3.63, 3.8) is 0 Å². The van der Waals surface area contributed by atoms with Crippen molar-refractivity contribution in [1.82, 2.24) is 14.9 Å². The third-order valence-corrected chi connectivity index (χ3v) is 3.86. The Kier molecular flexibility index (Phi) is 4.28. The number of aromatic nitrogens is 3. The Bertz CT molecular complexity index is 1100. The van der Waals surface area contributed by atoms with Crippen LogP contribution in [0.5, 0.6) is 0 Å². The predicted molar refractivity (Wildman–Crippen MR) is 99.2 cm³/mol. The lowest BCUT2D eigenvalue weighted by Gasteiger charge is -1.99. The number of benzene rings is 2. The van der Waals surface area contributed by atoms with Crippen LogP contribution in [0.25, 0.3) is 22.7 Å². The van der Waals surface area contributed by atoms with Crippen molar-refractivity contribution in [2.45, 2.75) is 0 Å². The largest absolute Gasteiger partial charge is 0.455 e. The minimum atomic E-state index is -0.437. The summed E-state index contributed by atoms with van der Waals surface area (Å²) in [6.45, 7) is 0. The Morgan fingerprint density at radius 3 is 2.52 bits per heavy atom. The second-order valence-corrected chi connectivity index (χ2v) is 5.62. The zero-order valence-electron chi connectivity index (χ0n) is 14.0. The van der Waals surface area contributed by atoms with Gasteiger partial charge in [-0.1, -0.05) is 30.3 Å². The van der Waals surface area contributed by atoms with Crippen LogP contribution in [0.1, 0.15) is 5.76 Å². The van der Waals surface area contributed by atoms with E-state index in [0.29, 0.717) is 17.3 Å². The Hall–Kier alpha value is -4.07. The van der Waals surface area contributed by atoms with Gasteiger partial charge in [-0.2, -0.15) is 9.78 Å². The first-order valence-electron chi connectivity index (χ1n) is 8.05. The van der Waals surface area contributed by atoms with Crippen molar-refractivity contribution in [2.24, 2.45) is 5.10 Å². The number of hydrogen-bond acceptors (Lipinski definition) is 6. The SMILES string of the molecule is O=[N+]([O-])c1ccc(-c2ccc(/C=N\n3cnnc3-c3ccccc3)o2)cc1. The summed E-state index contributed by atoms with van der Waals surface area (Å²) in [6, 6.07) is 19.3. The van der Waals surface area contributed by atoms with Crippen LogP contribution in [0, 0.1) is 10.1 Å². The Morgan fingerprint density at radius 2 is 1.78 bits per heavy atom. The van der Waals surface area contributed by atoms with Crippen molar-refractivity contribution in [1.29, 1.82) is 0 Å². The molecule has 2 heterocycles. The Labute approximate surface area is 153 Å². The molecule has 0 amide bonds. The van der Waals surface area contributed by atoms with Crippen molar-refractivity contribution < 1.29 is 9.34 Å². The molecule has 0 radical (unpaired) electrons. The van der Waals surface area contributed by atoms with Gasteiger partial charge in [-0.25, -0.2) is 0 Å². The van der Waals surface area contributed by atoms with Crippen molar-refractivity contribution in [2.75, 3.05) is 0 Å². The molecule has 0 aliphatic heterocycles. The lowest BCUT2D eigenvalue weighted by atomic mass is 10.1. The molecule has 0 aliphatic rings. The third-order valence-electron chi connectivity index (χ3n) is 3.86. The maximum Gasteiger partial charge on any atom is 0.269 e. The van der Waals surface area contributed by atoms with Gasteiger partial charge in [-0.3, -0.25) is 10.1 Å². The molecular weight excluding hydrogens is 346 g/mol. The fourth-order valence-electron chi connectivity index (χ4n) is 2.54. The van der Waals surface area contributed by atoms with Gasteiger partial charge in [-0.15, -0.1) is 10.2 Å². The molecular formula is C19H13N5O3. The van der Waals surface area contributed by atoms with Crippen molar-refractivity contribution >= 4 is 11.9 Å². The lowest BCUT2D eigenvalue weighted by molar-refractivity contribution is -0.384. The normalized spacial score (nSPS) is 11.1. The molecule has 0 unspecified atom stereocenters. The van der Waals surface area contributed by atoms with Crippen LogP contribution in [0.15, 0.2) is 82.6 Å². The van der Waals surface area contributed by atoms with Gasteiger partial charge in [0.25, 0.3) is 5.69 Å². The van der Waals surface area contributed by atoms with E-state index in [1.54, 1.807) is 35.2 Å². The van der Waals surface area contributed by atoms with E-state index in [-0.39, 0.29) is 5.69 Å². The maximum atomic E-state index is 10.7. The second-order valence-electron chi connectivity index (χ2n) is 5.62. The number of furan rings is 1. The molecule has 0 N–H and O–H groups in total. The molecule has 0 atom stereocenters. The molecule has 8 heteroatoms. The van der Waals surface area contributed by atoms with Gasteiger partial charge >= 0.3 is 0 Å². The highest BCUT2D eigenvalue weighted by atomic mass is 16.6. The summed E-state index contributed by atoms with van der Waals surface area (Å²) in [5.74, 6) is 1.75. The summed E-state index contributed by atoms with van der Waals surface area (Å²) in [5, 5.41) is 23.1. The predicted octanol–water partition coefficient (Wildman–Crippen LogP) is 4.00. The molecule has 0 aliphatic carbocycles. The monoisotopic (exact) mass is 359 g/mol. The summed E-state index contributed by atoms with van der Waals surface area (Å²) in [4.78, 5) is 10.3. The molecule has 2 aromatic heterocycles. The average molecular weight is 359 g/mol. The topological polar surface area (TPSA) is 99.3 Å². The first-order chi connectivity index (χ1) is 13.2. The Balaban J connectivity index is 1.55. The number of non-ortho nitro benzene ring substituents is 1. The van der Waals surface area contributed by atoms with E-state index >= 15 is 0 Å². The lowest BCUT2D eigenvalue weighted by Crippen LogP contribution is -1.92. The number of hydrogen-bond donors (Lipinski definition) is 0. The van der Waals surface area contributed by atoms with Gasteiger partial charge in [0.15, 0.2) is 5.82 Å². The molecule has 8 nitrogen and oxygen atoms in total. The molecule has 27 heavy (non-hydrogen) atoms. The summed E-state index contributed by atoms with van der Waals surface area (Å²) in [5.41, 5.74) is 1.68. The number of nitro benzene ring substituents is 1. The van der Waals surface area contributed by atoms with Gasteiger partial charge < -0.3 is 4.42 Å². The number of rotatable bonds is 5. The van der Waals surface area contributed by atoms with E-state index in [2.05, 4.69) is 15.3 Å². The van der Waals surface area contributed by atoms with E-state index in [1.807, 2.05) is 30.3 Å². The highest BCUT2D eigenvalue weighted by Gasteiger charge is 2.09. The van der Waals surface area contributed by atoms with Crippen LogP contribution in [-0.4, -0.2) is 26.0 Å². The van der Waals surface area contributed by atoms with E-state index in [9.17, 15) is 10.1 Å². The molecule has 0 saturated heterocycles. The zero-order chi connectivity index (χ0) is 18.6. The first-order valence-corrected chi connectivity index (χ1v) is 8.05. The fraction of sp³-hybridized carbons (Fsp3) is 0. The summed E-state index contributed by atoms with van der Waals surface area (Å²) in [6.07, 6.45) is 3.07. The van der Waals surface area contributed by atoms with E-state index in [1.165, 1.54) is 18.5 Å². The van der Waals surface area contributed by atoms with Gasteiger partial charge in [0.2, 0.25) is 0 Å². The highest BCUT2D eigenvalue weighted by molar-refractivity contribution is 5.77. The minimum absolute atomic E-state index is 0.0353. The molecule has 2 aromatic carbocycles. The zero-order valence-corrected chi connectivity index (χ0v) is 14.0. The number of nitro groups is 1. The average Bonchev–Trinajstić information content (AvgIpc) is 3.36. The van der Waals surface area contributed by atoms with Crippen LogP contribution in [0.3, 0.4) is 0 Å². The standard InChI is InChI=1S/C19H13N5O3/c25-24(26)16-8-6-14(7-9-16)18-11-10-17(27-18)12-21-23-13-20-22-19(23)15-4-2-1-3-5-15/h1-13H/b21-12-. The van der Waals surface area contributed by atoms with E-state index in [0.717, 1.165) is 11.1 Å². The molecule has 4 rings (SSSR count). The van der Waals surface area contributed by atoms with E-state index < -0.39 is 4.92 Å². The molecule has 0 fully saturated rings. The number of nitrogens with zero attached hydrogens (tertiary/aromatic N) is 5. The first kappa shape index (κ1) is 16.4. The van der Waals surface area contributed by atoms with Gasteiger partial charge in [0.1, 0.15) is 17.8 Å². The molecule has 4 aromatic rings. The van der Waals surface area contributed by atoms with Gasteiger partial charge in [0.05, 0.1) is 11.1 Å². The second kappa shape index (κ2) is 7.04. The summed E-state index contributed by atoms with van der Waals surface area (Å²) < 4.78 is 7.30.